The van der Waals surface area contributed by atoms with Gasteiger partial charge in [0.1, 0.15) is 6.33 Å². The molecular weight excluding hydrogens is 489 g/mol. The summed E-state index contributed by atoms with van der Waals surface area (Å²) in [5, 5.41) is 13.2. The minimum Gasteiger partial charge on any atom is -0.490 e. The van der Waals surface area contributed by atoms with Gasteiger partial charge in [-0.2, -0.15) is 5.10 Å². The molecule has 1 aromatic heterocycles. The Morgan fingerprint density at radius 2 is 1.97 bits per heavy atom. The van der Waals surface area contributed by atoms with Crippen LogP contribution in [0.2, 0.25) is 0 Å². The van der Waals surface area contributed by atoms with Gasteiger partial charge in [0, 0.05) is 9.37 Å². The van der Waals surface area contributed by atoms with Crippen LogP contribution in [0.1, 0.15) is 20.3 Å². The lowest BCUT2D eigenvalue weighted by molar-refractivity contribution is -0.147. The van der Waals surface area contributed by atoms with E-state index in [1.165, 1.54) is 39.5 Å². The van der Waals surface area contributed by atoms with Gasteiger partial charge in [0.15, 0.2) is 11.6 Å². The van der Waals surface area contributed by atoms with Crippen molar-refractivity contribution in [3.63, 3.8) is 0 Å². The van der Waals surface area contributed by atoms with Crippen LogP contribution in [-0.4, -0.2) is 32.0 Å². The van der Waals surface area contributed by atoms with E-state index in [0.29, 0.717) is 10.6 Å². The van der Waals surface area contributed by atoms with Crippen LogP contribution in [-0.2, 0) is 10.7 Å². The second kappa shape index (κ2) is 9.69. The van der Waals surface area contributed by atoms with Crippen LogP contribution in [0.4, 0.5) is 4.39 Å². The lowest BCUT2D eigenvalue weighted by atomic mass is 9.90. The number of benzene rings is 2. The van der Waals surface area contributed by atoms with E-state index in [1.807, 2.05) is 12.1 Å². The van der Waals surface area contributed by atoms with E-state index in [0.717, 1.165) is 4.47 Å². The predicted molar refractivity (Wildman–Crippen MR) is 119 cm³/mol. The number of hydrogen-bond acceptors (Lipinski definition) is 5. The molecule has 0 unspecified atom stereocenters. The Morgan fingerprint density at radius 3 is 2.61 bits per heavy atom. The highest BCUT2D eigenvalue weighted by atomic mass is 79.9. The van der Waals surface area contributed by atoms with Gasteiger partial charge in [0.05, 0.1) is 23.6 Å². The van der Waals surface area contributed by atoms with E-state index in [2.05, 4.69) is 21.0 Å². The number of rotatable bonds is 9. The smallest absolute Gasteiger partial charge is 0.351 e. The highest BCUT2D eigenvalue weighted by molar-refractivity contribution is 9.10. The first-order chi connectivity index (χ1) is 14.7. The number of halogens is 2. The fraction of sp³-hybridized carbons (Fsp3) is 0.286. The monoisotopic (exact) mass is 509 g/mol. The summed E-state index contributed by atoms with van der Waals surface area (Å²) in [5.74, 6) is -1.20. The van der Waals surface area contributed by atoms with Gasteiger partial charge in [-0.05, 0) is 62.7 Å². The maximum atomic E-state index is 14.3. The van der Waals surface area contributed by atoms with Gasteiger partial charge in [-0.25, -0.2) is 18.4 Å². The molecule has 2 aromatic carbocycles. The summed E-state index contributed by atoms with van der Waals surface area (Å²) in [6.45, 7) is 3.27. The second-order valence-corrected chi connectivity index (χ2v) is 9.35. The Hall–Kier alpha value is -2.59. The van der Waals surface area contributed by atoms with Gasteiger partial charge in [0.2, 0.25) is 0 Å². The van der Waals surface area contributed by atoms with Gasteiger partial charge < -0.3 is 9.84 Å². The van der Waals surface area contributed by atoms with Crippen LogP contribution in [0, 0.1) is 11.2 Å². The number of hydrogen-bond donors (Lipinski definition) is 1. The number of carbonyl (C=O) groups is 1. The van der Waals surface area contributed by atoms with Crippen molar-refractivity contribution < 1.29 is 19.0 Å². The molecule has 0 radical (unpaired) electrons. The molecular formula is C21H21BrFN3O4S. The molecule has 0 bridgehead atoms. The SMILES string of the molecule is CC(C)(CCOc1ccc(SCn2ncn(-c3ccc(Br)cc3)c2=O)cc1F)C(=O)O. The predicted octanol–water partition coefficient (Wildman–Crippen LogP) is 4.57. The number of carboxylic acid groups (broad SMARTS) is 1. The van der Waals surface area contributed by atoms with Crippen LogP contribution in [0.3, 0.4) is 0 Å². The van der Waals surface area contributed by atoms with Crippen molar-refractivity contribution >= 4 is 33.7 Å². The average molecular weight is 510 g/mol. The molecule has 164 valence electrons. The van der Waals surface area contributed by atoms with E-state index < -0.39 is 17.2 Å². The first-order valence-corrected chi connectivity index (χ1v) is 11.1. The summed E-state index contributed by atoms with van der Waals surface area (Å²) < 4.78 is 23.4. The Labute approximate surface area is 191 Å². The Morgan fingerprint density at radius 1 is 1.26 bits per heavy atom. The molecule has 1 heterocycles. The van der Waals surface area contributed by atoms with Gasteiger partial charge >= 0.3 is 11.7 Å². The van der Waals surface area contributed by atoms with Crippen molar-refractivity contribution in [3.8, 4) is 11.4 Å². The molecule has 0 aliphatic carbocycles. The molecule has 0 amide bonds. The number of aliphatic carboxylic acids is 1. The van der Waals surface area contributed by atoms with Gasteiger partial charge in [-0.1, -0.05) is 15.9 Å². The normalized spacial score (nSPS) is 11.5. The Balaban J connectivity index is 1.60. The van der Waals surface area contributed by atoms with Crippen molar-refractivity contribution in [2.75, 3.05) is 6.61 Å². The zero-order valence-corrected chi connectivity index (χ0v) is 19.3. The molecule has 0 saturated heterocycles. The maximum absolute atomic E-state index is 14.3. The molecule has 3 rings (SSSR count). The summed E-state index contributed by atoms with van der Waals surface area (Å²) >= 11 is 4.62. The third kappa shape index (κ3) is 5.76. The van der Waals surface area contributed by atoms with Crippen molar-refractivity contribution in [2.24, 2.45) is 5.41 Å². The quantitative estimate of drug-likeness (QED) is 0.425. The fourth-order valence-corrected chi connectivity index (χ4v) is 3.62. The van der Waals surface area contributed by atoms with E-state index in [-0.39, 0.29) is 30.3 Å². The highest BCUT2D eigenvalue weighted by Gasteiger charge is 2.27. The Bertz CT molecular complexity index is 1130. The second-order valence-electron chi connectivity index (χ2n) is 7.41. The van der Waals surface area contributed by atoms with Crippen LogP contribution in [0.5, 0.6) is 5.75 Å². The van der Waals surface area contributed by atoms with Crippen LogP contribution in [0.15, 0.2) is 63.0 Å². The lowest BCUT2D eigenvalue weighted by Gasteiger charge is -2.19. The van der Waals surface area contributed by atoms with Gasteiger partial charge in [0.25, 0.3) is 0 Å². The molecule has 3 aromatic rings. The molecule has 0 fully saturated rings. The summed E-state index contributed by atoms with van der Waals surface area (Å²) in [4.78, 5) is 24.3. The van der Waals surface area contributed by atoms with Gasteiger partial charge in [-0.3, -0.25) is 4.79 Å². The number of nitrogens with zero attached hydrogens (tertiary/aromatic N) is 3. The molecule has 0 aliphatic rings. The van der Waals surface area contributed by atoms with Crippen LogP contribution in [0.25, 0.3) is 5.69 Å². The third-order valence-corrected chi connectivity index (χ3v) is 6.15. The fourth-order valence-electron chi connectivity index (χ4n) is 2.55. The number of carboxylic acids is 1. The summed E-state index contributed by atoms with van der Waals surface area (Å²) in [5.41, 5.74) is -0.543. The first-order valence-electron chi connectivity index (χ1n) is 9.36. The zero-order chi connectivity index (χ0) is 22.6. The molecule has 1 N–H and O–H groups in total. The van der Waals surface area contributed by atoms with Crippen molar-refractivity contribution in [1.29, 1.82) is 0 Å². The van der Waals surface area contributed by atoms with E-state index in [1.54, 1.807) is 32.0 Å². The van der Waals surface area contributed by atoms with Crippen LogP contribution >= 0.6 is 27.7 Å². The molecule has 0 atom stereocenters. The van der Waals surface area contributed by atoms with Crippen molar-refractivity contribution in [2.45, 2.75) is 31.0 Å². The third-order valence-electron chi connectivity index (χ3n) is 4.66. The molecule has 31 heavy (non-hydrogen) atoms. The van der Waals surface area contributed by atoms with Gasteiger partial charge in [-0.15, -0.1) is 11.8 Å². The Kier molecular flexibility index (Phi) is 7.22. The summed E-state index contributed by atoms with van der Waals surface area (Å²) in [7, 11) is 0. The summed E-state index contributed by atoms with van der Waals surface area (Å²) in [6.07, 6.45) is 1.70. The molecule has 7 nitrogen and oxygen atoms in total. The number of aromatic nitrogens is 3. The molecule has 0 spiro atoms. The first kappa shape index (κ1) is 23.1. The maximum Gasteiger partial charge on any atom is 0.351 e. The lowest BCUT2D eigenvalue weighted by Crippen LogP contribution is -2.26. The molecule has 0 aliphatic heterocycles. The minimum atomic E-state index is -0.945. The van der Waals surface area contributed by atoms with E-state index in [4.69, 9.17) is 9.84 Å². The number of thioether (sulfide) groups is 1. The van der Waals surface area contributed by atoms with E-state index in [9.17, 15) is 14.0 Å². The standard InChI is InChI=1S/C21H21BrFN3O4S/c1-21(2,19(27)28)9-10-30-18-8-7-16(11-17(18)23)31-13-26-20(29)25(12-24-26)15-5-3-14(22)4-6-15/h3-8,11-12H,9-10,13H2,1-2H3,(H,27,28). The van der Waals surface area contributed by atoms with Crippen molar-refractivity contribution in [1.82, 2.24) is 14.3 Å². The summed E-state index contributed by atoms with van der Waals surface area (Å²) in [6, 6.07) is 11.8. The number of ether oxygens (including phenoxy) is 1. The largest absolute Gasteiger partial charge is 0.490 e. The van der Waals surface area contributed by atoms with E-state index >= 15 is 0 Å². The highest BCUT2D eigenvalue weighted by Crippen LogP contribution is 2.27. The average Bonchev–Trinajstić information content (AvgIpc) is 3.08. The van der Waals surface area contributed by atoms with Crippen LogP contribution < -0.4 is 10.4 Å². The topological polar surface area (TPSA) is 86.4 Å². The molecule has 0 saturated carbocycles. The zero-order valence-electron chi connectivity index (χ0n) is 16.9. The molecule has 10 heteroatoms. The minimum absolute atomic E-state index is 0.0576. The van der Waals surface area contributed by atoms with Crippen molar-refractivity contribution in [3.05, 3.63) is 69.6 Å².